The van der Waals surface area contributed by atoms with Gasteiger partial charge in [-0.1, -0.05) is 39.8 Å². The molecule has 0 radical (unpaired) electrons. The number of aryl methyl sites for hydroxylation is 2. The lowest BCUT2D eigenvalue weighted by atomic mass is 10.1. The van der Waals surface area contributed by atoms with E-state index in [1.807, 2.05) is 24.7 Å². The van der Waals surface area contributed by atoms with E-state index in [2.05, 4.69) is 31.1 Å². The van der Waals surface area contributed by atoms with Crippen LogP contribution in [0.2, 0.25) is 0 Å². The standard InChI is InChI=1S/C9H17N3.C2H6/c1-4-9-7-10-11-12(9)6-5-8(2)3;1-2/h7-8H,4-6H2,1-3H3;1-2H3. The number of nitrogens with zero attached hydrogens (tertiary/aromatic N) is 3. The second kappa shape index (κ2) is 7.54. The highest BCUT2D eigenvalue weighted by molar-refractivity contribution is 4.92. The first-order chi connectivity index (χ1) is 6.74. The average molecular weight is 197 g/mol. The fourth-order valence-corrected chi connectivity index (χ4v) is 1.12. The summed E-state index contributed by atoms with van der Waals surface area (Å²) >= 11 is 0. The quantitative estimate of drug-likeness (QED) is 0.743. The molecule has 1 aromatic rings. The molecule has 82 valence electrons. The summed E-state index contributed by atoms with van der Waals surface area (Å²) in [5.74, 6) is 0.735. The number of rotatable bonds is 4. The Morgan fingerprint density at radius 3 is 2.50 bits per heavy atom. The first-order valence-corrected chi connectivity index (χ1v) is 5.61. The van der Waals surface area contributed by atoms with Gasteiger partial charge in [-0.2, -0.15) is 0 Å². The highest BCUT2D eigenvalue weighted by atomic mass is 15.4. The van der Waals surface area contributed by atoms with Crippen molar-refractivity contribution >= 4 is 0 Å². The van der Waals surface area contributed by atoms with Crippen molar-refractivity contribution in [2.75, 3.05) is 0 Å². The summed E-state index contributed by atoms with van der Waals surface area (Å²) in [6.45, 7) is 11.6. The molecule has 14 heavy (non-hydrogen) atoms. The molecule has 1 aromatic heterocycles. The summed E-state index contributed by atoms with van der Waals surface area (Å²) in [6, 6.07) is 0. The van der Waals surface area contributed by atoms with Crippen LogP contribution in [0.1, 0.15) is 46.7 Å². The Labute approximate surface area is 87.5 Å². The zero-order chi connectivity index (χ0) is 11.0. The SMILES string of the molecule is CC.CCc1cnnn1CCC(C)C. The Hall–Kier alpha value is -0.860. The van der Waals surface area contributed by atoms with E-state index in [0.717, 1.165) is 18.9 Å². The van der Waals surface area contributed by atoms with E-state index >= 15 is 0 Å². The normalized spacial score (nSPS) is 9.86. The van der Waals surface area contributed by atoms with Crippen molar-refractivity contribution in [2.24, 2.45) is 5.92 Å². The second-order valence-corrected chi connectivity index (χ2v) is 3.48. The molecule has 1 rings (SSSR count). The Morgan fingerprint density at radius 1 is 1.36 bits per heavy atom. The van der Waals surface area contributed by atoms with Gasteiger partial charge in [-0.15, -0.1) is 5.10 Å². The lowest BCUT2D eigenvalue weighted by molar-refractivity contribution is 0.468. The van der Waals surface area contributed by atoms with Gasteiger partial charge in [-0.3, -0.25) is 0 Å². The maximum Gasteiger partial charge on any atom is 0.0725 e. The van der Waals surface area contributed by atoms with Crippen LogP contribution in [-0.2, 0) is 13.0 Å². The number of hydrogen-bond donors (Lipinski definition) is 0. The van der Waals surface area contributed by atoms with Crippen LogP contribution in [0.3, 0.4) is 0 Å². The molecule has 0 aliphatic heterocycles. The molecule has 0 N–H and O–H groups in total. The van der Waals surface area contributed by atoms with Gasteiger partial charge in [-0.05, 0) is 18.8 Å². The van der Waals surface area contributed by atoms with Crippen molar-refractivity contribution < 1.29 is 0 Å². The summed E-state index contributed by atoms with van der Waals surface area (Å²) in [4.78, 5) is 0. The fourth-order valence-electron chi connectivity index (χ4n) is 1.12. The lowest BCUT2D eigenvalue weighted by Gasteiger charge is -2.06. The largest absolute Gasteiger partial charge is 0.249 e. The van der Waals surface area contributed by atoms with E-state index in [-0.39, 0.29) is 0 Å². The van der Waals surface area contributed by atoms with Crippen molar-refractivity contribution in [3.8, 4) is 0 Å². The molecule has 0 saturated carbocycles. The molecular weight excluding hydrogens is 174 g/mol. The fraction of sp³-hybridized carbons (Fsp3) is 0.818. The third-order valence-corrected chi connectivity index (χ3v) is 1.98. The lowest BCUT2D eigenvalue weighted by Crippen LogP contribution is -2.06. The van der Waals surface area contributed by atoms with Gasteiger partial charge in [0.2, 0.25) is 0 Å². The summed E-state index contributed by atoms with van der Waals surface area (Å²) in [7, 11) is 0. The van der Waals surface area contributed by atoms with Crippen molar-refractivity contribution in [1.29, 1.82) is 0 Å². The molecule has 0 unspecified atom stereocenters. The van der Waals surface area contributed by atoms with E-state index in [4.69, 9.17) is 0 Å². The minimum absolute atomic E-state index is 0.735. The van der Waals surface area contributed by atoms with Gasteiger partial charge in [-0.25, -0.2) is 4.68 Å². The maximum absolute atomic E-state index is 4.03. The van der Waals surface area contributed by atoms with Gasteiger partial charge in [0.15, 0.2) is 0 Å². The number of aromatic nitrogens is 3. The predicted molar refractivity (Wildman–Crippen MR) is 60.2 cm³/mol. The molecule has 0 amide bonds. The van der Waals surface area contributed by atoms with Gasteiger partial charge in [0, 0.05) is 6.54 Å². The Morgan fingerprint density at radius 2 is 2.00 bits per heavy atom. The molecule has 0 aliphatic carbocycles. The van der Waals surface area contributed by atoms with Crippen molar-refractivity contribution in [1.82, 2.24) is 15.0 Å². The summed E-state index contributed by atoms with van der Waals surface area (Å²) in [6.07, 6.45) is 4.04. The molecule has 0 spiro atoms. The van der Waals surface area contributed by atoms with Crippen LogP contribution in [0, 0.1) is 5.92 Å². The van der Waals surface area contributed by atoms with Gasteiger partial charge < -0.3 is 0 Å². The van der Waals surface area contributed by atoms with Crippen LogP contribution in [0.15, 0.2) is 6.20 Å². The Kier molecular flexibility index (Phi) is 7.07. The average Bonchev–Trinajstić information content (AvgIpc) is 2.65. The van der Waals surface area contributed by atoms with Crippen LogP contribution < -0.4 is 0 Å². The van der Waals surface area contributed by atoms with E-state index in [1.165, 1.54) is 12.1 Å². The van der Waals surface area contributed by atoms with E-state index < -0.39 is 0 Å². The molecule has 3 heteroatoms. The summed E-state index contributed by atoms with van der Waals surface area (Å²) < 4.78 is 2.00. The van der Waals surface area contributed by atoms with E-state index in [0.29, 0.717) is 0 Å². The highest BCUT2D eigenvalue weighted by Crippen LogP contribution is 2.04. The molecule has 1 heterocycles. The number of hydrogen-bond acceptors (Lipinski definition) is 2. The van der Waals surface area contributed by atoms with Gasteiger partial charge >= 0.3 is 0 Å². The van der Waals surface area contributed by atoms with Gasteiger partial charge in [0.05, 0.1) is 11.9 Å². The molecule has 3 nitrogen and oxygen atoms in total. The molecule has 0 atom stereocenters. The zero-order valence-electron chi connectivity index (χ0n) is 10.1. The third-order valence-electron chi connectivity index (χ3n) is 1.98. The van der Waals surface area contributed by atoms with E-state index in [1.54, 1.807) is 0 Å². The minimum atomic E-state index is 0.735. The topological polar surface area (TPSA) is 30.7 Å². The predicted octanol–water partition coefficient (Wildman–Crippen LogP) is 2.91. The molecule has 0 saturated heterocycles. The van der Waals surface area contributed by atoms with Crippen LogP contribution >= 0.6 is 0 Å². The van der Waals surface area contributed by atoms with Crippen molar-refractivity contribution in [2.45, 2.75) is 54.0 Å². The molecule has 0 aromatic carbocycles. The first-order valence-electron chi connectivity index (χ1n) is 5.61. The second-order valence-electron chi connectivity index (χ2n) is 3.48. The molecule has 0 bridgehead atoms. The van der Waals surface area contributed by atoms with Gasteiger partial charge in [0.25, 0.3) is 0 Å². The Bertz CT molecular complexity index is 228. The maximum atomic E-state index is 4.03. The molecular formula is C11H23N3. The molecule has 0 fully saturated rings. The summed E-state index contributed by atoms with van der Waals surface area (Å²) in [5.41, 5.74) is 1.23. The van der Waals surface area contributed by atoms with Crippen molar-refractivity contribution in [3.63, 3.8) is 0 Å². The van der Waals surface area contributed by atoms with Gasteiger partial charge in [0.1, 0.15) is 0 Å². The zero-order valence-corrected chi connectivity index (χ0v) is 10.1. The molecule has 0 aliphatic rings. The smallest absolute Gasteiger partial charge is 0.0725 e. The van der Waals surface area contributed by atoms with Crippen LogP contribution in [0.4, 0.5) is 0 Å². The highest BCUT2D eigenvalue weighted by Gasteiger charge is 2.01. The minimum Gasteiger partial charge on any atom is -0.249 e. The van der Waals surface area contributed by atoms with Crippen LogP contribution in [0.5, 0.6) is 0 Å². The van der Waals surface area contributed by atoms with Crippen LogP contribution in [-0.4, -0.2) is 15.0 Å². The third kappa shape index (κ3) is 4.40. The summed E-state index contributed by atoms with van der Waals surface area (Å²) in [5, 5.41) is 7.91. The monoisotopic (exact) mass is 197 g/mol. The van der Waals surface area contributed by atoms with E-state index in [9.17, 15) is 0 Å². The van der Waals surface area contributed by atoms with Crippen LogP contribution in [0.25, 0.3) is 0 Å². The first kappa shape index (κ1) is 13.1. The van der Waals surface area contributed by atoms with Crippen molar-refractivity contribution in [3.05, 3.63) is 11.9 Å². The Balaban J connectivity index is 0.000000791.